The second-order valence-corrected chi connectivity index (χ2v) is 42.3. The van der Waals surface area contributed by atoms with E-state index in [1.54, 1.807) is 61.7 Å². The summed E-state index contributed by atoms with van der Waals surface area (Å²) in [6.45, 7) is 5.31. The van der Waals surface area contributed by atoms with E-state index in [2.05, 4.69) is 107 Å². The zero-order valence-corrected chi connectivity index (χ0v) is 98.2. The number of ketones is 4. The van der Waals surface area contributed by atoms with Gasteiger partial charge in [0.1, 0.15) is 35.4 Å². The predicted octanol–water partition coefficient (Wildman–Crippen LogP) is 10.1. The number of thiophene rings is 4. The normalized spacial score (nSPS) is 17.3. The van der Waals surface area contributed by atoms with E-state index in [4.69, 9.17) is 60.6 Å². The van der Waals surface area contributed by atoms with Crippen LogP contribution in [0.25, 0.3) is 0 Å². The Labute approximate surface area is 1030 Å². The number of methoxy groups -OCH3 is 2. The van der Waals surface area contributed by atoms with Crippen molar-refractivity contribution in [2.75, 3.05) is 14.2 Å². The second kappa shape index (κ2) is 63.4. The molecular formula is C101H112Cl4K4N4O17S8. The number of rotatable bonds is 29. The van der Waals surface area contributed by atoms with Crippen LogP contribution >= 0.6 is 126 Å². The van der Waals surface area contributed by atoms with Gasteiger partial charge in [0.15, 0.2) is 5.78 Å². The number of nitrogens with one attached hydrogen (secondary N) is 3. The molecule has 4 saturated carbocycles. The smallest absolute Gasteiger partial charge is 1.00 e. The zero-order valence-electron chi connectivity index (χ0n) is 78.1. The summed E-state index contributed by atoms with van der Waals surface area (Å²) in [5, 5.41) is 40.3. The molecule has 0 spiro atoms. The summed E-state index contributed by atoms with van der Waals surface area (Å²) in [6.07, 6.45) is 9.98. The molecular weight excluding hydrogens is 2100 g/mol. The predicted molar refractivity (Wildman–Crippen MR) is 542 cm³/mol. The van der Waals surface area contributed by atoms with Gasteiger partial charge in [-0.25, -0.2) is 8.93 Å². The summed E-state index contributed by atoms with van der Waals surface area (Å²) < 4.78 is 25.2. The number of piperidine rings is 2. The van der Waals surface area contributed by atoms with Crippen molar-refractivity contribution in [3.63, 3.8) is 0 Å². The Morgan fingerprint density at radius 2 is 0.848 bits per heavy atom. The Hall–Kier alpha value is -2.41. The number of nitrogens with two attached hydrogens (primary N) is 1. The quantitative estimate of drug-likeness (QED) is 0.00644. The van der Waals surface area contributed by atoms with Gasteiger partial charge in [0.25, 0.3) is 12.9 Å². The molecule has 5 N–H and O–H groups in total. The van der Waals surface area contributed by atoms with Gasteiger partial charge in [-0.2, -0.15) is 45.3 Å². The van der Waals surface area contributed by atoms with Gasteiger partial charge in [0.2, 0.25) is 11.8 Å². The van der Waals surface area contributed by atoms with E-state index in [1.165, 1.54) is 111 Å². The van der Waals surface area contributed by atoms with Crippen LogP contribution in [-0.2, 0) is 100 Å². The van der Waals surface area contributed by atoms with Gasteiger partial charge in [-0.1, -0.05) is 212 Å². The zero-order chi connectivity index (χ0) is 93.2. The minimum atomic E-state index is -1.44. The van der Waals surface area contributed by atoms with E-state index in [-0.39, 0.29) is 329 Å². The number of hydrogen-bond donors (Lipinski definition) is 4. The third kappa shape index (κ3) is 37.4. The summed E-state index contributed by atoms with van der Waals surface area (Å²) in [5.41, 5.74) is 16.0. The molecule has 4 aliphatic carbocycles. The molecule has 11 aromatic rings. The summed E-state index contributed by atoms with van der Waals surface area (Å²) in [7, 11) is 4.34. The molecule has 17 rings (SSSR count). The molecule has 0 bridgehead atoms. The first-order chi connectivity index (χ1) is 62.5. The molecule has 4 aromatic heterocycles. The molecule has 2 saturated heterocycles. The number of carbonyl (C=O) groups excluding carboxylic acids is 10. The monoisotopic (exact) mass is 2200 g/mol. The average Bonchev–Trinajstić information content (AvgIpc) is 1.61. The Balaban J connectivity index is 0.000000852. The number of benzene rings is 7. The van der Waals surface area contributed by atoms with Crippen molar-refractivity contribution in [2.45, 2.75) is 210 Å². The van der Waals surface area contributed by atoms with Gasteiger partial charge < -0.3 is 49.0 Å². The van der Waals surface area contributed by atoms with Crippen LogP contribution in [0.4, 0.5) is 0 Å². The topological polar surface area (TPSA) is 333 Å². The first kappa shape index (κ1) is 130. The molecule has 0 radical (unpaired) electrons. The second-order valence-electron chi connectivity index (χ2n) is 32.7. The van der Waals surface area contributed by atoms with E-state index in [0.717, 1.165) is 69.2 Å². The minimum Gasteiger partial charge on any atom is -1.00 e. The van der Waals surface area contributed by atoms with Crippen molar-refractivity contribution >= 4 is 197 Å². The van der Waals surface area contributed by atoms with E-state index in [0.29, 0.717) is 35.1 Å². The van der Waals surface area contributed by atoms with Gasteiger partial charge in [0, 0.05) is 40.4 Å². The van der Waals surface area contributed by atoms with Gasteiger partial charge >= 0.3 is 217 Å². The maximum Gasteiger partial charge on any atom is 1.00 e. The summed E-state index contributed by atoms with van der Waals surface area (Å²) in [6, 6.07) is 64.0. The van der Waals surface area contributed by atoms with Crippen molar-refractivity contribution in [2.24, 2.45) is 5.73 Å². The van der Waals surface area contributed by atoms with E-state index in [1.807, 2.05) is 179 Å². The number of halogens is 4. The molecule has 6 fully saturated rings. The van der Waals surface area contributed by atoms with Crippen molar-refractivity contribution < 1.29 is 290 Å². The molecule has 138 heavy (non-hydrogen) atoms. The Kier molecular flexibility index (Phi) is 59.6. The third-order valence-electron chi connectivity index (χ3n) is 22.3. The van der Waals surface area contributed by atoms with Crippen LogP contribution in [0.1, 0.15) is 233 Å². The van der Waals surface area contributed by atoms with Crippen molar-refractivity contribution in [1.29, 1.82) is 0 Å². The van der Waals surface area contributed by atoms with Gasteiger partial charge in [-0.3, -0.25) is 47.9 Å². The van der Waals surface area contributed by atoms with Crippen LogP contribution in [-0.4, -0.2) is 88.3 Å². The van der Waals surface area contributed by atoms with E-state index in [9.17, 15) is 42.6 Å². The molecule has 6 aliphatic rings. The molecule has 2 amide bonds. The molecule has 2 aliphatic heterocycles. The molecule has 21 nitrogen and oxygen atoms in total. The van der Waals surface area contributed by atoms with Crippen LogP contribution in [0.3, 0.4) is 0 Å². The van der Waals surface area contributed by atoms with Crippen LogP contribution in [0.5, 0.6) is 0 Å². The fourth-order valence-corrected chi connectivity index (χ4v) is 22.9. The van der Waals surface area contributed by atoms with Gasteiger partial charge in [0.05, 0.1) is 73.6 Å². The number of hydrogen-bond acceptors (Lipinski definition) is 25. The maximum atomic E-state index is 13.3. The van der Waals surface area contributed by atoms with Crippen LogP contribution in [0.15, 0.2) is 252 Å². The van der Waals surface area contributed by atoms with E-state index >= 15 is 0 Å². The fourth-order valence-electron chi connectivity index (χ4n) is 14.9. The summed E-state index contributed by atoms with van der Waals surface area (Å²) in [5.74, 6) is 0.533. The largest absolute Gasteiger partial charge is 1.00 e. The number of carbonyl (C=O) groups is 10. The summed E-state index contributed by atoms with van der Waals surface area (Å²) in [4.78, 5) is 124. The average molecular weight is 2210 g/mol. The minimum absolute atomic E-state index is 0. The number of Topliss-reactive ketones (excluding diaryl/α,β-unsaturated/α-hetero) is 4. The van der Waals surface area contributed by atoms with Gasteiger partial charge in [-0.15, -0.1) is 24.2 Å². The molecule has 6 heterocycles. The Morgan fingerprint density at radius 3 is 1.19 bits per heavy atom. The standard InChI is InChI=1S/C24H20ClNO2S2.C23H29NO4S2.C19H21NO3S.C18H17NO2S.C12H8Cl2S2.2CH2O3.3CH4.ClH.4K.2H/c25-19-3-1-2-4-21(19)30-22-20(27)13-24(26-23(22)28,18-11-12-29-14-18)17-9-7-16(8-10-17)15-5-6-15;1-22(2,3)30(27)24-23(19-11-12-29-15-19,14-20(25)13-21(26)28-4)18-9-7-17(8-10-18)16-5-6-16;1-23-18(22)10-17(21)11-19(20,16-8-9-24-12-16)15-6-4-14(5-7-15)13-2-3-13;20-16-9-17(21)19-18(10-16,15-7-8-22-11-15)14-5-3-13(4-6-14)12-1-2-12;13-9-5-1-3-7-11(9)15-16-12-8-4-2-6-10(12)14;2*2-1-4-3;;;;;;;;;;/h1-4,7-12,14-15,22H,5-6,13H2,(H,26,28);7-12,15-16,24H,5-6,13-14H2,1-4H3;4-9,12-13H,2-3,10-11,20H2,1H3;3-8,11-12H,1-2,9-10H2,(H,19,21);1-8H;2*1,3H;3*1H4;1H;;;;;;/q;;;;;;;;;;;4*+1;2*-1/p-2. The number of thioether (sulfide) groups is 1. The summed E-state index contributed by atoms with van der Waals surface area (Å²) >= 11 is 25.8. The van der Waals surface area contributed by atoms with Crippen molar-refractivity contribution in [3.05, 3.63) is 319 Å². The number of ether oxygens (including phenoxy) is 2. The molecule has 7 aromatic carbocycles. The van der Waals surface area contributed by atoms with Crippen molar-refractivity contribution in [1.82, 2.24) is 15.4 Å². The first-order valence-corrected chi connectivity index (χ1v) is 50.7. The van der Waals surface area contributed by atoms with Crippen molar-refractivity contribution in [3.8, 4) is 0 Å². The maximum absolute atomic E-state index is 13.3. The van der Waals surface area contributed by atoms with Crippen LogP contribution in [0, 0.1) is 0 Å². The molecule has 37 heteroatoms. The van der Waals surface area contributed by atoms with Crippen LogP contribution in [0.2, 0.25) is 15.1 Å². The van der Waals surface area contributed by atoms with Gasteiger partial charge in [-0.05, 0) is 266 Å². The first-order valence-electron chi connectivity index (χ1n) is 41.6. The number of amides is 2. The SMILES string of the molecule is C.C.C.COC(=O)CC(=O)CC(N)(c1ccc(C2CC2)cc1)c1ccsc1.COC(=O)CC(=O)CC(NS(=O)C(C)(C)C)(c1ccc(C2CC2)cc1)c1ccsc1.Cl.Clc1ccccc1SSc1ccccc1Cl.O=C1CC(=O)NC(c2ccc(C3CC3)cc2)(c2ccsc2)C1.O=C1CC(c2ccc(C3CC3)cc2)(c2ccsc2)NC(=O)C1Sc1ccccc1Cl.O=CO[O-].O=CO[O-].[H-].[H-].[K+].[K+].[K+].[K+]. The number of esters is 2. The van der Waals surface area contributed by atoms with E-state index < -0.39 is 55.1 Å². The Bertz CT molecular complexity index is 5620. The molecule has 718 valence electrons. The fraction of sp³-hybridized carbons (Fsp3) is 0.327. The molecule has 6 atom stereocenters. The Morgan fingerprint density at radius 1 is 0.493 bits per heavy atom. The van der Waals surface area contributed by atoms with Crippen LogP contribution < -0.4 is 237 Å². The molecule has 6 unspecified atom stereocenters. The third-order valence-corrected chi connectivity index (χ3v) is 31.9.